The summed E-state index contributed by atoms with van der Waals surface area (Å²) in [6, 6.07) is 3.94. The molecule has 126 valence electrons. The Kier molecular flexibility index (Phi) is 3.49. The number of aliphatic hydroxyl groups excluding tert-OH is 1. The van der Waals surface area contributed by atoms with E-state index in [1.54, 1.807) is 6.07 Å². The van der Waals surface area contributed by atoms with E-state index in [4.69, 9.17) is 11.6 Å². The van der Waals surface area contributed by atoms with Crippen LogP contribution in [0.15, 0.2) is 30.5 Å². The molecule has 2 atom stereocenters. The van der Waals surface area contributed by atoms with E-state index in [1.807, 2.05) is 0 Å². The van der Waals surface area contributed by atoms with Crippen LogP contribution in [0.1, 0.15) is 6.04 Å². The lowest BCUT2D eigenvalue weighted by Crippen LogP contribution is -2.54. The fraction of sp³-hybridized carbons (Fsp3) is 0.312. The highest BCUT2D eigenvalue weighted by Crippen LogP contribution is 2.40. The van der Waals surface area contributed by atoms with Crippen molar-refractivity contribution in [1.82, 2.24) is 14.9 Å². The zero-order valence-corrected chi connectivity index (χ0v) is 13.1. The van der Waals surface area contributed by atoms with E-state index in [-0.39, 0.29) is 12.2 Å². The second-order valence-corrected chi connectivity index (χ2v) is 6.40. The van der Waals surface area contributed by atoms with Gasteiger partial charge in [-0.3, -0.25) is 0 Å². The lowest BCUT2D eigenvalue weighted by atomic mass is 9.99. The molecule has 0 radical (unpaired) electrons. The molecule has 4 nitrogen and oxygen atoms in total. The third-order valence-corrected chi connectivity index (χ3v) is 4.57. The Morgan fingerprint density at radius 3 is 2.83 bits per heavy atom. The van der Waals surface area contributed by atoms with E-state index in [0.29, 0.717) is 21.3 Å². The summed E-state index contributed by atoms with van der Waals surface area (Å²) in [5, 5.41) is 14.0. The number of piperidine rings is 1. The van der Waals surface area contributed by atoms with Gasteiger partial charge in [0.05, 0.1) is 23.2 Å². The maximum absolute atomic E-state index is 14.5. The number of aromatic nitrogens is 2. The molecule has 0 bridgehead atoms. The van der Waals surface area contributed by atoms with Crippen LogP contribution < -0.4 is 5.32 Å². The van der Waals surface area contributed by atoms with Gasteiger partial charge in [-0.2, -0.15) is 0 Å². The second kappa shape index (κ2) is 5.34. The Hall–Kier alpha value is -1.83. The fourth-order valence-electron chi connectivity index (χ4n) is 3.40. The predicted molar refractivity (Wildman–Crippen MR) is 85.1 cm³/mol. The quantitative estimate of drug-likeness (QED) is 0.705. The molecule has 0 aliphatic carbocycles. The van der Waals surface area contributed by atoms with E-state index in [9.17, 15) is 18.3 Å². The van der Waals surface area contributed by atoms with Crippen LogP contribution in [0.25, 0.3) is 21.9 Å². The molecule has 4 rings (SSSR count). The van der Waals surface area contributed by atoms with Gasteiger partial charge in [0.2, 0.25) is 0 Å². The van der Waals surface area contributed by atoms with Crippen LogP contribution in [0, 0.1) is 5.82 Å². The molecule has 2 N–H and O–H groups in total. The first-order valence-electron chi connectivity index (χ1n) is 7.40. The summed E-state index contributed by atoms with van der Waals surface area (Å²) in [6.45, 7) is -0.513. The molecule has 1 saturated heterocycles. The van der Waals surface area contributed by atoms with Crippen LogP contribution in [0.5, 0.6) is 0 Å². The molecule has 1 aliphatic heterocycles. The fourth-order valence-corrected chi connectivity index (χ4v) is 3.56. The van der Waals surface area contributed by atoms with Crippen molar-refractivity contribution >= 4 is 33.5 Å². The Morgan fingerprint density at radius 1 is 1.29 bits per heavy atom. The van der Waals surface area contributed by atoms with Crippen molar-refractivity contribution in [3.63, 3.8) is 0 Å². The third kappa shape index (κ3) is 2.27. The summed E-state index contributed by atoms with van der Waals surface area (Å²) in [5.41, 5.74) is 0.623. The highest BCUT2D eigenvalue weighted by molar-refractivity contribution is 6.31. The van der Waals surface area contributed by atoms with Crippen molar-refractivity contribution in [3.05, 3.63) is 41.3 Å². The number of benzene rings is 1. The third-order valence-electron chi connectivity index (χ3n) is 4.36. The minimum atomic E-state index is -3.19. The molecule has 3 heterocycles. The molecule has 0 amide bonds. The van der Waals surface area contributed by atoms with E-state index in [1.165, 1.54) is 29.0 Å². The molecule has 1 aliphatic rings. The van der Waals surface area contributed by atoms with Gasteiger partial charge in [0.25, 0.3) is 5.92 Å². The van der Waals surface area contributed by atoms with Gasteiger partial charge in [-0.05, 0) is 24.3 Å². The van der Waals surface area contributed by atoms with E-state index in [0.717, 1.165) is 0 Å². The normalized spacial score (nSPS) is 23.9. The van der Waals surface area contributed by atoms with Crippen LogP contribution in [0.4, 0.5) is 13.2 Å². The number of hydrogen-bond donors (Lipinski definition) is 2. The molecule has 0 saturated carbocycles. The summed E-state index contributed by atoms with van der Waals surface area (Å²) < 4.78 is 44.0. The van der Waals surface area contributed by atoms with Crippen molar-refractivity contribution < 1.29 is 18.3 Å². The highest BCUT2D eigenvalue weighted by atomic mass is 35.5. The van der Waals surface area contributed by atoms with Crippen molar-refractivity contribution in [3.8, 4) is 0 Å². The van der Waals surface area contributed by atoms with E-state index in [2.05, 4.69) is 10.3 Å². The molecule has 2 aromatic heterocycles. The average Bonchev–Trinajstić information content (AvgIpc) is 2.80. The summed E-state index contributed by atoms with van der Waals surface area (Å²) in [7, 11) is 0. The van der Waals surface area contributed by atoms with E-state index >= 15 is 0 Å². The zero-order valence-electron chi connectivity index (χ0n) is 12.3. The molecular formula is C16H13ClF3N3O. The predicted octanol–water partition coefficient (Wildman–Crippen LogP) is 3.12. The molecule has 24 heavy (non-hydrogen) atoms. The van der Waals surface area contributed by atoms with Crippen LogP contribution in [0.3, 0.4) is 0 Å². The number of halogens is 4. The minimum Gasteiger partial charge on any atom is -0.389 e. The number of hydrogen-bond acceptors (Lipinski definition) is 3. The maximum Gasteiger partial charge on any atom is 0.283 e. The number of fused-ring (bicyclic) bond motifs is 3. The van der Waals surface area contributed by atoms with Gasteiger partial charge >= 0.3 is 0 Å². The number of pyridine rings is 1. The zero-order chi connectivity index (χ0) is 17.1. The number of alkyl halides is 2. The first kappa shape index (κ1) is 15.7. The standard InChI is InChI=1S/C16H13ClF3N3O/c17-8-3-11-10-4-9(18)1-2-12(10)23(15(11)22-5-8)14-13(24)6-21-7-16(14,19)20/h1-5,13-14,21,24H,6-7H2/t13-,14+/m0/s1. The molecule has 3 aromatic rings. The topological polar surface area (TPSA) is 50.1 Å². The Bertz CT molecular complexity index is 884. The number of aliphatic hydroxyl groups is 1. The van der Waals surface area contributed by atoms with Gasteiger partial charge in [-0.1, -0.05) is 11.6 Å². The lowest BCUT2D eigenvalue weighted by Gasteiger charge is -2.37. The van der Waals surface area contributed by atoms with Gasteiger partial charge < -0.3 is 15.0 Å². The first-order chi connectivity index (χ1) is 11.4. The van der Waals surface area contributed by atoms with Crippen LogP contribution in [-0.4, -0.2) is 39.8 Å². The largest absolute Gasteiger partial charge is 0.389 e. The Balaban J connectivity index is 2.10. The van der Waals surface area contributed by atoms with Crippen molar-refractivity contribution in [1.29, 1.82) is 0 Å². The summed E-state index contributed by atoms with van der Waals surface area (Å²) in [5.74, 6) is -3.68. The molecule has 1 aromatic carbocycles. The monoisotopic (exact) mass is 355 g/mol. The number of nitrogens with zero attached hydrogens (tertiary/aromatic N) is 2. The molecule has 1 fully saturated rings. The summed E-state index contributed by atoms with van der Waals surface area (Å²) in [6.07, 6.45) is 0.0383. The van der Waals surface area contributed by atoms with Gasteiger partial charge in [0.1, 0.15) is 17.5 Å². The number of β-amino-alcohol motifs (C(OH)–C–C–N with tert-alkyl or cyclic N) is 1. The van der Waals surface area contributed by atoms with Crippen LogP contribution >= 0.6 is 11.6 Å². The minimum absolute atomic E-state index is 0.0379. The summed E-state index contributed by atoms with van der Waals surface area (Å²) in [4.78, 5) is 4.17. The van der Waals surface area contributed by atoms with Gasteiger partial charge in [-0.15, -0.1) is 0 Å². The SMILES string of the molecule is O[C@H]1CNCC(F)(F)[C@@H]1n1c2ccc(F)cc2c2cc(Cl)cnc21. The number of nitrogens with one attached hydrogen (secondary N) is 1. The first-order valence-corrected chi connectivity index (χ1v) is 7.77. The van der Waals surface area contributed by atoms with Crippen molar-refractivity contribution in [2.24, 2.45) is 0 Å². The second-order valence-electron chi connectivity index (χ2n) is 5.96. The molecular weight excluding hydrogens is 343 g/mol. The van der Waals surface area contributed by atoms with E-state index < -0.39 is 30.4 Å². The maximum atomic E-state index is 14.5. The van der Waals surface area contributed by atoms with Crippen molar-refractivity contribution in [2.45, 2.75) is 18.1 Å². The smallest absolute Gasteiger partial charge is 0.283 e. The van der Waals surface area contributed by atoms with Crippen molar-refractivity contribution in [2.75, 3.05) is 13.1 Å². The average molecular weight is 356 g/mol. The number of rotatable bonds is 1. The Morgan fingerprint density at radius 2 is 2.08 bits per heavy atom. The van der Waals surface area contributed by atoms with Gasteiger partial charge in [0, 0.05) is 23.5 Å². The van der Waals surface area contributed by atoms with Gasteiger partial charge in [-0.25, -0.2) is 18.2 Å². The Labute approximate surface area is 139 Å². The molecule has 8 heteroatoms. The van der Waals surface area contributed by atoms with Crippen LogP contribution in [-0.2, 0) is 0 Å². The highest BCUT2D eigenvalue weighted by Gasteiger charge is 2.49. The summed E-state index contributed by atoms with van der Waals surface area (Å²) >= 11 is 5.97. The molecule has 0 unspecified atom stereocenters. The van der Waals surface area contributed by atoms with Gasteiger partial charge in [0.15, 0.2) is 0 Å². The lowest BCUT2D eigenvalue weighted by molar-refractivity contribution is -0.110. The van der Waals surface area contributed by atoms with Crippen LogP contribution in [0.2, 0.25) is 5.02 Å². The molecule has 0 spiro atoms.